The molecule has 0 bridgehead atoms. The highest BCUT2D eigenvalue weighted by Gasteiger charge is 2.22. The Labute approximate surface area is 89.7 Å². The number of nitrogens with one attached hydrogen (secondary N) is 1. The quantitative estimate of drug-likeness (QED) is 0.726. The molecule has 1 heteroatoms. The highest BCUT2D eigenvalue weighted by Crippen LogP contribution is 2.24. The summed E-state index contributed by atoms with van der Waals surface area (Å²) >= 11 is 0. The minimum absolute atomic E-state index is 0.695. The third-order valence-electron chi connectivity index (χ3n) is 3.44. The van der Waals surface area contributed by atoms with Gasteiger partial charge in [0.1, 0.15) is 0 Å². The van der Waals surface area contributed by atoms with Crippen LogP contribution in [-0.2, 0) is 0 Å². The Hall–Kier alpha value is -0.0400. The van der Waals surface area contributed by atoms with Crippen LogP contribution in [0.3, 0.4) is 0 Å². The van der Waals surface area contributed by atoms with Crippen LogP contribution < -0.4 is 5.32 Å². The molecule has 0 aromatic rings. The van der Waals surface area contributed by atoms with Crippen molar-refractivity contribution in [3.63, 3.8) is 0 Å². The maximum Gasteiger partial charge on any atom is 0.00951 e. The van der Waals surface area contributed by atoms with Gasteiger partial charge in [0.2, 0.25) is 0 Å². The van der Waals surface area contributed by atoms with E-state index in [9.17, 15) is 0 Å². The van der Waals surface area contributed by atoms with Crippen molar-refractivity contribution in [3.8, 4) is 0 Å². The Bertz CT molecular complexity index is 153. The van der Waals surface area contributed by atoms with E-state index < -0.39 is 0 Å². The average Bonchev–Trinajstić information content (AvgIpc) is 2.07. The van der Waals surface area contributed by atoms with Gasteiger partial charge in [0, 0.05) is 12.1 Å². The molecule has 1 nitrogen and oxygen atoms in total. The van der Waals surface area contributed by atoms with Crippen LogP contribution in [0.2, 0.25) is 0 Å². The largest absolute Gasteiger partial charge is 0.311 e. The standard InChI is InChI=1S/C13H27N/c1-10(2)9-12(4)14-13-8-6-5-7-11(13)3/h10-14H,5-9H2,1-4H3/t11-,12-,13-/m0/s1. The molecule has 0 saturated heterocycles. The Balaban J connectivity index is 2.27. The zero-order valence-electron chi connectivity index (χ0n) is 10.3. The first-order valence-corrected chi connectivity index (χ1v) is 6.35. The van der Waals surface area contributed by atoms with Gasteiger partial charge >= 0.3 is 0 Å². The van der Waals surface area contributed by atoms with Gasteiger partial charge in [-0.1, -0.05) is 33.6 Å². The molecule has 0 aliphatic heterocycles. The number of rotatable bonds is 4. The lowest BCUT2D eigenvalue weighted by atomic mass is 9.85. The molecule has 0 amide bonds. The van der Waals surface area contributed by atoms with Gasteiger partial charge in [0.25, 0.3) is 0 Å². The fraction of sp³-hybridized carbons (Fsp3) is 1.00. The van der Waals surface area contributed by atoms with Crippen molar-refractivity contribution < 1.29 is 0 Å². The molecule has 1 rings (SSSR count). The van der Waals surface area contributed by atoms with E-state index in [0.29, 0.717) is 6.04 Å². The smallest absolute Gasteiger partial charge is 0.00951 e. The maximum atomic E-state index is 3.80. The third-order valence-corrected chi connectivity index (χ3v) is 3.44. The zero-order valence-corrected chi connectivity index (χ0v) is 10.3. The summed E-state index contributed by atoms with van der Waals surface area (Å²) in [6, 6.07) is 1.48. The summed E-state index contributed by atoms with van der Waals surface area (Å²) < 4.78 is 0. The van der Waals surface area contributed by atoms with Crippen LogP contribution in [0.1, 0.15) is 59.8 Å². The first-order chi connectivity index (χ1) is 6.59. The monoisotopic (exact) mass is 197 g/mol. The molecule has 1 aliphatic rings. The second kappa shape index (κ2) is 5.75. The van der Waals surface area contributed by atoms with Crippen molar-refractivity contribution >= 4 is 0 Å². The normalized spacial score (nSPS) is 30.6. The first-order valence-electron chi connectivity index (χ1n) is 6.35. The van der Waals surface area contributed by atoms with Crippen molar-refractivity contribution in [2.24, 2.45) is 11.8 Å². The van der Waals surface area contributed by atoms with Crippen molar-refractivity contribution in [1.29, 1.82) is 0 Å². The molecular weight excluding hydrogens is 170 g/mol. The molecule has 84 valence electrons. The molecule has 1 aliphatic carbocycles. The average molecular weight is 197 g/mol. The fourth-order valence-electron chi connectivity index (χ4n) is 2.70. The lowest BCUT2D eigenvalue weighted by Gasteiger charge is -2.32. The summed E-state index contributed by atoms with van der Waals surface area (Å²) in [7, 11) is 0. The first kappa shape index (κ1) is 12.0. The molecule has 0 heterocycles. The molecule has 1 saturated carbocycles. The summed E-state index contributed by atoms with van der Waals surface area (Å²) in [6.07, 6.45) is 6.99. The third kappa shape index (κ3) is 4.00. The van der Waals surface area contributed by atoms with E-state index in [2.05, 4.69) is 33.0 Å². The lowest BCUT2D eigenvalue weighted by Crippen LogP contribution is -2.42. The van der Waals surface area contributed by atoms with E-state index in [-0.39, 0.29) is 0 Å². The Kier molecular flexibility index (Phi) is 4.94. The summed E-state index contributed by atoms with van der Waals surface area (Å²) in [4.78, 5) is 0. The van der Waals surface area contributed by atoms with E-state index in [1.54, 1.807) is 0 Å². The number of hydrogen-bond acceptors (Lipinski definition) is 1. The van der Waals surface area contributed by atoms with Crippen molar-refractivity contribution in [2.45, 2.75) is 71.9 Å². The Morgan fingerprint density at radius 2 is 1.79 bits per heavy atom. The van der Waals surface area contributed by atoms with Gasteiger partial charge in [-0.3, -0.25) is 0 Å². The molecule has 14 heavy (non-hydrogen) atoms. The second-order valence-corrected chi connectivity index (χ2v) is 5.57. The van der Waals surface area contributed by atoms with E-state index >= 15 is 0 Å². The molecule has 3 atom stereocenters. The Morgan fingerprint density at radius 1 is 1.14 bits per heavy atom. The van der Waals surface area contributed by atoms with Gasteiger partial charge in [-0.05, 0) is 38.0 Å². The molecule has 0 aromatic carbocycles. The summed E-state index contributed by atoms with van der Waals surface area (Å²) in [6.45, 7) is 9.35. The Morgan fingerprint density at radius 3 is 2.36 bits per heavy atom. The van der Waals surface area contributed by atoms with Crippen LogP contribution in [0.15, 0.2) is 0 Å². The summed E-state index contributed by atoms with van der Waals surface area (Å²) in [5.74, 6) is 1.70. The molecule has 1 fully saturated rings. The summed E-state index contributed by atoms with van der Waals surface area (Å²) in [5, 5.41) is 3.80. The van der Waals surface area contributed by atoms with E-state index in [4.69, 9.17) is 0 Å². The van der Waals surface area contributed by atoms with Crippen LogP contribution in [0.4, 0.5) is 0 Å². The van der Waals surface area contributed by atoms with Gasteiger partial charge < -0.3 is 5.32 Å². The summed E-state index contributed by atoms with van der Waals surface area (Å²) in [5.41, 5.74) is 0. The highest BCUT2D eigenvalue weighted by molar-refractivity contribution is 4.80. The minimum atomic E-state index is 0.695. The predicted octanol–water partition coefficient (Wildman–Crippen LogP) is 3.59. The fourth-order valence-corrected chi connectivity index (χ4v) is 2.70. The second-order valence-electron chi connectivity index (χ2n) is 5.57. The maximum absolute atomic E-state index is 3.80. The molecule has 0 spiro atoms. The highest BCUT2D eigenvalue weighted by atomic mass is 14.9. The number of hydrogen-bond donors (Lipinski definition) is 1. The van der Waals surface area contributed by atoms with Crippen molar-refractivity contribution in [1.82, 2.24) is 5.32 Å². The topological polar surface area (TPSA) is 12.0 Å². The van der Waals surface area contributed by atoms with E-state index in [0.717, 1.165) is 17.9 Å². The van der Waals surface area contributed by atoms with Crippen LogP contribution in [-0.4, -0.2) is 12.1 Å². The molecule has 0 radical (unpaired) electrons. The van der Waals surface area contributed by atoms with Gasteiger partial charge in [0.15, 0.2) is 0 Å². The van der Waals surface area contributed by atoms with Crippen LogP contribution in [0.5, 0.6) is 0 Å². The molecular formula is C13H27N. The van der Waals surface area contributed by atoms with Gasteiger partial charge in [-0.2, -0.15) is 0 Å². The van der Waals surface area contributed by atoms with Gasteiger partial charge in [0.05, 0.1) is 0 Å². The van der Waals surface area contributed by atoms with Gasteiger partial charge in [-0.15, -0.1) is 0 Å². The van der Waals surface area contributed by atoms with Crippen LogP contribution in [0, 0.1) is 11.8 Å². The molecule has 1 N–H and O–H groups in total. The molecule has 0 aromatic heterocycles. The van der Waals surface area contributed by atoms with Crippen molar-refractivity contribution in [3.05, 3.63) is 0 Å². The predicted molar refractivity (Wildman–Crippen MR) is 63.5 cm³/mol. The van der Waals surface area contributed by atoms with Crippen LogP contribution in [0.25, 0.3) is 0 Å². The minimum Gasteiger partial charge on any atom is -0.311 e. The lowest BCUT2D eigenvalue weighted by molar-refractivity contribution is 0.252. The van der Waals surface area contributed by atoms with E-state index in [1.165, 1.54) is 32.1 Å². The van der Waals surface area contributed by atoms with Gasteiger partial charge in [-0.25, -0.2) is 0 Å². The van der Waals surface area contributed by atoms with Crippen molar-refractivity contribution in [2.75, 3.05) is 0 Å². The molecule has 0 unspecified atom stereocenters. The van der Waals surface area contributed by atoms with E-state index in [1.807, 2.05) is 0 Å². The SMILES string of the molecule is CC(C)C[C@H](C)N[C@H]1CCCC[C@@H]1C. The zero-order chi connectivity index (χ0) is 10.6. The van der Waals surface area contributed by atoms with Crippen LogP contribution >= 0.6 is 0 Å².